The van der Waals surface area contributed by atoms with Crippen LogP contribution < -0.4 is 5.32 Å². The molecular weight excluding hydrogens is 302 g/mol. The summed E-state index contributed by atoms with van der Waals surface area (Å²) >= 11 is 1.62. The van der Waals surface area contributed by atoms with Gasteiger partial charge in [0.1, 0.15) is 5.69 Å². The van der Waals surface area contributed by atoms with E-state index in [1.165, 1.54) is 0 Å². The molecule has 1 amide bonds. The number of rotatable bonds is 4. The van der Waals surface area contributed by atoms with Crippen molar-refractivity contribution in [2.75, 3.05) is 11.6 Å². The Morgan fingerprint density at radius 3 is 2.64 bits per heavy atom. The lowest BCUT2D eigenvalue weighted by molar-refractivity contribution is 0.102. The van der Waals surface area contributed by atoms with Gasteiger partial charge in [-0.15, -0.1) is 16.9 Å². The van der Waals surface area contributed by atoms with E-state index in [0.29, 0.717) is 17.1 Å². The van der Waals surface area contributed by atoms with Crippen LogP contribution in [0.15, 0.2) is 45.8 Å². The molecule has 7 nitrogen and oxygen atoms in total. The molecule has 0 saturated heterocycles. The smallest absolute Gasteiger partial charge is 0.322 e. The predicted molar refractivity (Wildman–Crippen MR) is 82.7 cm³/mol. The molecule has 0 bridgehead atoms. The third kappa shape index (κ3) is 2.86. The Balaban J connectivity index is 1.74. The van der Waals surface area contributed by atoms with E-state index >= 15 is 0 Å². The van der Waals surface area contributed by atoms with Crippen molar-refractivity contribution in [2.45, 2.75) is 4.90 Å². The Morgan fingerprint density at radius 1 is 1.23 bits per heavy atom. The summed E-state index contributed by atoms with van der Waals surface area (Å²) in [7, 11) is 1.77. The average Bonchev–Trinajstić information content (AvgIpc) is 3.16. The number of nitrogens with one attached hydrogen (secondary N) is 1. The van der Waals surface area contributed by atoms with Crippen LogP contribution in [0.4, 0.5) is 6.01 Å². The van der Waals surface area contributed by atoms with Crippen LogP contribution in [0.1, 0.15) is 10.4 Å². The fourth-order valence-corrected chi connectivity index (χ4v) is 2.28. The fourth-order valence-electron chi connectivity index (χ4n) is 1.87. The SMILES string of the molecule is CSc1ccc(C(=O)Nc2nnc(-c3ccnn3C)o2)cc1. The highest BCUT2D eigenvalue weighted by Gasteiger charge is 2.14. The van der Waals surface area contributed by atoms with Gasteiger partial charge in [0.15, 0.2) is 0 Å². The van der Waals surface area contributed by atoms with E-state index in [-0.39, 0.29) is 11.9 Å². The lowest BCUT2D eigenvalue weighted by atomic mass is 10.2. The number of hydrogen-bond acceptors (Lipinski definition) is 6. The Morgan fingerprint density at radius 2 is 2.00 bits per heavy atom. The van der Waals surface area contributed by atoms with Gasteiger partial charge >= 0.3 is 6.01 Å². The van der Waals surface area contributed by atoms with Crippen molar-refractivity contribution in [1.29, 1.82) is 0 Å². The molecule has 112 valence electrons. The first-order chi connectivity index (χ1) is 10.7. The molecule has 2 heterocycles. The quantitative estimate of drug-likeness (QED) is 0.744. The molecule has 0 fully saturated rings. The van der Waals surface area contributed by atoms with Gasteiger partial charge in [0.2, 0.25) is 0 Å². The molecule has 8 heteroatoms. The van der Waals surface area contributed by atoms with Crippen molar-refractivity contribution in [3.63, 3.8) is 0 Å². The van der Waals surface area contributed by atoms with Crippen molar-refractivity contribution < 1.29 is 9.21 Å². The molecule has 1 N–H and O–H groups in total. The molecule has 0 aliphatic heterocycles. The molecular formula is C14H13N5O2S. The first-order valence-corrected chi connectivity index (χ1v) is 7.67. The number of carbonyl (C=O) groups excluding carboxylic acids is 1. The lowest BCUT2D eigenvalue weighted by Crippen LogP contribution is -2.11. The highest BCUT2D eigenvalue weighted by atomic mass is 32.2. The second-order valence-corrected chi connectivity index (χ2v) is 5.31. The highest BCUT2D eigenvalue weighted by Crippen LogP contribution is 2.19. The third-order valence-corrected chi connectivity index (χ3v) is 3.78. The van der Waals surface area contributed by atoms with E-state index in [4.69, 9.17) is 4.42 Å². The van der Waals surface area contributed by atoms with Crippen LogP contribution in [-0.4, -0.2) is 32.1 Å². The van der Waals surface area contributed by atoms with E-state index in [2.05, 4.69) is 20.6 Å². The molecule has 2 aromatic heterocycles. The monoisotopic (exact) mass is 315 g/mol. The minimum atomic E-state index is -0.298. The molecule has 0 aliphatic rings. The first kappa shape index (κ1) is 14.3. The Labute approximate surface area is 130 Å². The number of thioether (sulfide) groups is 1. The number of aromatic nitrogens is 4. The van der Waals surface area contributed by atoms with E-state index in [1.54, 1.807) is 47.9 Å². The zero-order valence-corrected chi connectivity index (χ0v) is 12.8. The topological polar surface area (TPSA) is 85.8 Å². The molecule has 0 atom stereocenters. The molecule has 0 aliphatic carbocycles. The van der Waals surface area contributed by atoms with Crippen molar-refractivity contribution in [3.8, 4) is 11.6 Å². The van der Waals surface area contributed by atoms with E-state index in [1.807, 2.05) is 18.4 Å². The van der Waals surface area contributed by atoms with Gasteiger partial charge in [-0.05, 0) is 36.6 Å². The van der Waals surface area contributed by atoms with Crippen LogP contribution in [0.5, 0.6) is 0 Å². The summed E-state index contributed by atoms with van der Waals surface area (Å²) in [5.41, 5.74) is 1.20. The molecule has 0 radical (unpaired) electrons. The van der Waals surface area contributed by atoms with Crippen LogP contribution >= 0.6 is 11.8 Å². The largest absolute Gasteiger partial charge is 0.401 e. The number of hydrogen-bond donors (Lipinski definition) is 1. The number of aryl methyl sites for hydroxylation is 1. The van der Waals surface area contributed by atoms with Gasteiger partial charge in [-0.2, -0.15) is 5.10 Å². The number of benzene rings is 1. The maximum absolute atomic E-state index is 12.1. The normalized spacial score (nSPS) is 10.6. The molecule has 22 heavy (non-hydrogen) atoms. The molecule has 1 aromatic carbocycles. The van der Waals surface area contributed by atoms with E-state index in [0.717, 1.165) is 4.90 Å². The number of amides is 1. The summed E-state index contributed by atoms with van der Waals surface area (Å²) in [6.07, 6.45) is 3.61. The summed E-state index contributed by atoms with van der Waals surface area (Å²) < 4.78 is 7.04. The minimum Gasteiger partial charge on any atom is -0.401 e. The van der Waals surface area contributed by atoms with E-state index < -0.39 is 0 Å². The summed E-state index contributed by atoms with van der Waals surface area (Å²) in [6.45, 7) is 0. The standard InChI is InChI=1S/C14H13N5O2S/c1-19-11(7-8-15-19)13-17-18-14(21-13)16-12(20)9-3-5-10(22-2)6-4-9/h3-8H,1-2H3,(H,16,18,20). The van der Waals surface area contributed by atoms with Crippen LogP contribution in [0, 0.1) is 0 Å². The van der Waals surface area contributed by atoms with Crippen molar-refractivity contribution in [1.82, 2.24) is 20.0 Å². The molecule has 0 unspecified atom stereocenters. The summed E-state index contributed by atoms with van der Waals surface area (Å²) in [4.78, 5) is 13.2. The highest BCUT2D eigenvalue weighted by molar-refractivity contribution is 7.98. The van der Waals surface area contributed by atoms with Crippen LogP contribution in [0.25, 0.3) is 11.6 Å². The summed E-state index contributed by atoms with van der Waals surface area (Å²) in [6, 6.07) is 9.07. The summed E-state index contributed by atoms with van der Waals surface area (Å²) in [5, 5.41) is 14.3. The summed E-state index contributed by atoms with van der Waals surface area (Å²) in [5.74, 6) is 0.000824. The van der Waals surface area contributed by atoms with Gasteiger partial charge in [-0.1, -0.05) is 5.10 Å². The second-order valence-electron chi connectivity index (χ2n) is 4.44. The first-order valence-electron chi connectivity index (χ1n) is 6.44. The molecule has 3 aromatic rings. The predicted octanol–water partition coefficient (Wildman–Crippen LogP) is 2.44. The van der Waals surface area contributed by atoms with Crippen molar-refractivity contribution in [2.24, 2.45) is 7.05 Å². The fraction of sp³-hybridized carbons (Fsp3) is 0.143. The van der Waals surface area contributed by atoms with E-state index in [9.17, 15) is 4.79 Å². The third-order valence-electron chi connectivity index (χ3n) is 3.04. The molecule has 0 spiro atoms. The second kappa shape index (κ2) is 6.02. The van der Waals surface area contributed by atoms with Crippen molar-refractivity contribution >= 4 is 23.7 Å². The Kier molecular flexibility index (Phi) is 3.92. The number of anilines is 1. The number of carbonyl (C=O) groups is 1. The number of nitrogens with zero attached hydrogens (tertiary/aromatic N) is 4. The molecule has 0 saturated carbocycles. The van der Waals surface area contributed by atoms with Gasteiger partial charge in [-0.25, -0.2) is 0 Å². The van der Waals surface area contributed by atoms with Gasteiger partial charge in [-0.3, -0.25) is 14.8 Å². The van der Waals surface area contributed by atoms with Crippen LogP contribution in [0.2, 0.25) is 0 Å². The van der Waals surface area contributed by atoms with Crippen LogP contribution in [-0.2, 0) is 7.05 Å². The molecule has 3 rings (SSSR count). The maximum Gasteiger partial charge on any atom is 0.322 e. The van der Waals surface area contributed by atoms with Gasteiger partial charge in [0, 0.05) is 23.7 Å². The Bertz CT molecular complexity index is 794. The zero-order valence-electron chi connectivity index (χ0n) is 12.0. The lowest BCUT2D eigenvalue weighted by Gasteiger charge is -2.01. The Hall–Kier alpha value is -2.61. The van der Waals surface area contributed by atoms with Gasteiger partial charge < -0.3 is 4.42 Å². The zero-order chi connectivity index (χ0) is 15.5. The average molecular weight is 315 g/mol. The maximum atomic E-state index is 12.1. The van der Waals surface area contributed by atoms with Crippen LogP contribution in [0.3, 0.4) is 0 Å². The van der Waals surface area contributed by atoms with Crippen molar-refractivity contribution in [3.05, 3.63) is 42.1 Å². The minimum absolute atomic E-state index is 0.0511. The van der Waals surface area contributed by atoms with Gasteiger partial charge in [0.05, 0.1) is 0 Å². The van der Waals surface area contributed by atoms with Gasteiger partial charge in [0.25, 0.3) is 11.8 Å².